The predicted octanol–water partition coefficient (Wildman–Crippen LogP) is 0.260. The number of sulfonamides is 1. The van der Waals surface area contributed by atoms with Gasteiger partial charge in [0, 0.05) is 0 Å². The van der Waals surface area contributed by atoms with Gasteiger partial charge in [-0.1, -0.05) is 0 Å². The number of nitrogens with two attached hydrogens (primary N) is 1. The lowest BCUT2D eigenvalue weighted by molar-refractivity contribution is -0.146. The largest absolute Gasteiger partial charge is 0.391 e. The third kappa shape index (κ3) is 13.6. The van der Waals surface area contributed by atoms with E-state index in [0.29, 0.717) is 0 Å². The van der Waals surface area contributed by atoms with Crippen LogP contribution in [0.2, 0.25) is 0 Å². The third-order valence-electron chi connectivity index (χ3n) is 1.41. The molecule has 2 N–H and O–H groups in total. The fourth-order valence-corrected chi connectivity index (χ4v) is 1.04. The molecule has 0 aliphatic carbocycles. The fourth-order valence-electron chi connectivity index (χ4n) is 0.685. The highest BCUT2D eigenvalue weighted by Crippen LogP contribution is 2.18. The molecular formula is C7H14F3NO4S. The molecule has 0 aromatic carbocycles. The minimum Gasteiger partial charge on any atom is -0.379 e. The van der Waals surface area contributed by atoms with E-state index in [1.807, 2.05) is 0 Å². The molecule has 0 atom stereocenters. The van der Waals surface area contributed by atoms with Crippen LogP contribution < -0.4 is 5.14 Å². The van der Waals surface area contributed by atoms with Crippen LogP contribution >= 0.6 is 0 Å². The van der Waals surface area contributed by atoms with Crippen molar-refractivity contribution >= 4 is 10.0 Å². The first-order valence-corrected chi connectivity index (χ1v) is 6.15. The van der Waals surface area contributed by atoms with Gasteiger partial charge in [-0.25, -0.2) is 13.6 Å². The second kappa shape index (κ2) is 7.05. The second-order valence-electron chi connectivity index (χ2n) is 2.96. The number of primary sulfonamides is 1. The van der Waals surface area contributed by atoms with Gasteiger partial charge >= 0.3 is 6.18 Å². The van der Waals surface area contributed by atoms with E-state index in [9.17, 15) is 21.6 Å². The molecule has 0 fully saturated rings. The third-order valence-corrected chi connectivity index (χ3v) is 2.15. The Hall–Kier alpha value is -0.380. The van der Waals surface area contributed by atoms with Gasteiger partial charge in [0.05, 0.1) is 38.6 Å². The lowest BCUT2D eigenvalue weighted by Crippen LogP contribution is -2.21. The predicted molar refractivity (Wildman–Crippen MR) is 50.3 cm³/mol. The Morgan fingerprint density at radius 1 is 1.00 bits per heavy atom. The maximum atomic E-state index is 11.6. The summed E-state index contributed by atoms with van der Waals surface area (Å²) in [5.74, 6) is -0.324. The number of alkyl halides is 3. The quantitative estimate of drug-likeness (QED) is 0.638. The zero-order chi connectivity index (χ0) is 12.7. The highest BCUT2D eigenvalue weighted by Gasteiger charge is 2.26. The number of ether oxygens (including phenoxy) is 2. The van der Waals surface area contributed by atoms with Gasteiger partial charge < -0.3 is 9.47 Å². The summed E-state index contributed by atoms with van der Waals surface area (Å²) in [6, 6.07) is 0. The summed E-state index contributed by atoms with van der Waals surface area (Å²) in [6.07, 6.45) is -5.24. The minimum atomic E-state index is -4.23. The molecule has 98 valence electrons. The van der Waals surface area contributed by atoms with E-state index in [2.05, 4.69) is 9.88 Å². The smallest absolute Gasteiger partial charge is 0.379 e. The van der Waals surface area contributed by atoms with Crippen molar-refractivity contribution in [1.82, 2.24) is 0 Å². The van der Waals surface area contributed by atoms with Crippen LogP contribution in [0.3, 0.4) is 0 Å². The Balaban J connectivity index is 3.23. The molecule has 0 aliphatic heterocycles. The van der Waals surface area contributed by atoms with Crippen molar-refractivity contribution in [3.8, 4) is 0 Å². The monoisotopic (exact) mass is 265 g/mol. The summed E-state index contributed by atoms with van der Waals surface area (Å²) in [5.41, 5.74) is 0. The SMILES string of the molecule is NS(=O)(=O)CCOCCOCCC(F)(F)F. The van der Waals surface area contributed by atoms with E-state index in [1.165, 1.54) is 0 Å². The summed E-state index contributed by atoms with van der Waals surface area (Å²) in [7, 11) is -3.56. The molecule has 0 spiro atoms. The number of hydrogen-bond acceptors (Lipinski definition) is 4. The summed E-state index contributed by atoms with van der Waals surface area (Å²) in [5, 5.41) is 4.68. The first-order valence-electron chi connectivity index (χ1n) is 4.43. The van der Waals surface area contributed by atoms with Gasteiger partial charge in [-0.15, -0.1) is 0 Å². The van der Waals surface area contributed by atoms with Crippen LogP contribution in [0.1, 0.15) is 6.42 Å². The number of hydrogen-bond donors (Lipinski definition) is 1. The number of halogens is 3. The Kier molecular flexibility index (Phi) is 6.88. The lowest BCUT2D eigenvalue weighted by Gasteiger charge is -2.07. The first-order chi connectivity index (χ1) is 7.21. The van der Waals surface area contributed by atoms with Crippen molar-refractivity contribution in [3.63, 3.8) is 0 Å². The van der Waals surface area contributed by atoms with Crippen LogP contribution in [-0.4, -0.2) is 46.8 Å². The number of rotatable bonds is 8. The minimum absolute atomic E-state index is 0.0132. The van der Waals surface area contributed by atoms with Gasteiger partial charge in [0.25, 0.3) is 0 Å². The summed E-state index contributed by atoms with van der Waals surface area (Å²) in [4.78, 5) is 0. The van der Waals surface area contributed by atoms with Crippen LogP contribution in [0.25, 0.3) is 0 Å². The van der Waals surface area contributed by atoms with E-state index < -0.39 is 29.2 Å². The highest BCUT2D eigenvalue weighted by molar-refractivity contribution is 7.89. The molecule has 0 bridgehead atoms. The van der Waals surface area contributed by atoms with Crippen LogP contribution in [0.4, 0.5) is 13.2 Å². The first kappa shape index (κ1) is 15.6. The van der Waals surface area contributed by atoms with Gasteiger partial charge in [-0.05, 0) is 0 Å². The molecular weight excluding hydrogens is 251 g/mol. The normalized spacial score (nSPS) is 13.0. The molecule has 9 heteroatoms. The molecule has 0 amide bonds. The average Bonchev–Trinajstić information content (AvgIpc) is 2.06. The Labute approximate surface area is 91.8 Å². The van der Waals surface area contributed by atoms with Gasteiger partial charge in [-0.2, -0.15) is 13.2 Å². The molecule has 0 saturated carbocycles. The zero-order valence-electron chi connectivity index (χ0n) is 8.50. The van der Waals surface area contributed by atoms with Gasteiger partial charge in [0.15, 0.2) is 0 Å². The molecule has 0 aromatic heterocycles. The van der Waals surface area contributed by atoms with E-state index in [4.69, 9.17) is 4.74 Å². The van der Waals surface area contributed by atoms with Gasteiger partial charge in [0.1, 0.15) is 0 Å². The Morgan fingerprint density at radius 2 is 1.50 bits per heavy atom. The van der Waals surface area contributed by atoms with E-state index in [0.717, 1.165) is 0 Å². The van der Waals surface area contributed by atoms with Gasteiger partial charge in [-0.3, -0.25) is 0 Å². The second-order valence-corrected chi connectivity index (χ2v) is 4.69. The Bertz CT molecular complexity index is 278. The van der Waals surface area contributed by atoms with Crippen molar-refractivity contribution in [3.05, 3.63) is 0 Å². The maximum Gasteiger partial charge on any atom is 0.391 e. The van der Waals surface area contributed by atoms with Crippen molar-refractivity contribution in [2.24, 2.45) is 5.14 Å². The molecule has 0 saturated heterocycles. The van der Waals surface area contributed by atoms with Crippen molar-refractivity contribution in [2.75, 3.05) is 32.2 Å². The maximum absolute atomic E-state index is 11.6. The van der Waals surface area contributed by atoms with Crippen molar-refractivity contribution in [1.29, 1.82) is 0 Å². The average molecular weight is 265 g/mol. The van der Waals surface area contributed by atoms with Crippen molar-refractivity contribution < 1.29 is 31.1 Å². The molecule has 0 radical (unpaired) electrons. The molecule has 0 aliphatic rings. The highest BCUT2D eigenvalue weighted by atomic mass is 32.2. The Morgan fingerprint density at radius 3 is 1.94 bits per heavy atom. The molecule has 0 aromatic rings. The standard InChI is InChI=1S/C7H14F3NO4S/c8-7(9,10)1-2-14-3-4-15-5-6-16(11,12)13/h1-6H2,(H2,11,12,13). The molecule has 0 unspecified atom stereocenters. The molecule has 0 heterocycles. The summed E-state index contributed by atoms with van der Waals surface area (Å²) >= 11 is 0. The summed E-state index contributed by atoms with van der Waals surface area (Å²) in [6.45, 7) is -0.502. The van der Waals surface area contributed by atoms with Crippen molar-refractivity contribution in [2.45, 2.75) is 12.6 Å². The van der Waals surface area contributed by atoms with Crippen LogP contribution in [0.15, 0.2) is 0 Å². The van der Waals surface area contributed by atoms with Gasteiger partial charge in [0.2, 0.25) is 10.0 Å². The lowest BCUT2D eigenvalue weighted by atomic mass is 10.4. The molecule has 0 rings (SSSR count). The molecule has 5 nitrogen and oxygen atoms in total. The van der Waals surface area contributed by atoms with E-state index in [1.54, 1.807) is 0 Å². The van der Waals surface area contributed by atoms with E-state index in [-0.39, 0.29) is 25.6 Å². The van der Waals surface area contributed by atoms with Crippen LogP contribution in [0.5, 0.6) is 0 Å². The zero-order valence-corrected chi connectivity index (χ0v) is 9.31. The summed E-state index contributed by atoms with van der Waals surface area (Å²) < 4.78 is 65.1. The van der Waals surface area contributed by atoms with Crippen LogP contribution in [0, 0.1) is 0 Å². The van der Waals surface area contributed by atoms with E-state index >= 15 is 0 Å². The molecule has 16 heavy (non-hydrogen) atoms. The topological polar surface area (TPSA) is 78.6 Å². The fraction of sp³-hybridized carbons (Fsp3) is 1.00. The van der Waals surface area contributed by atoms with Crippen LogP contribution in [-0.2, 0) is 19.5 Å².